The van der Waals surface area contributed by atoms with Crippen LogP contribution in [0.4, 0.5) is 4.39 Å². The fourth-order valence-corrected chi connectivity index (χ4v) is 3.21. The minimum atomic E-state index is -0.128. The Bertz CT molecular complexity index is 439. The third kappa shape index (κ3) is 3.19. The molecule has 1 N–H and O–H groups in total. The molecule has 2 aliphatic heterocycles. The van der Waals surface area contributed by atoms with Gasteiger partial charge in [0.2, 0.25) is 0 Å². The van der Waals surface area contributed by atoms with Crippen LogP contribution in [0.2, 0.25) is 0 Å². The van der Waals surface area contributed by atoms with E-state index in [4.69, 9.17) is 0 Å². The van der Waals surface area contributed by atoms with E-state index in [0.717, 1.165) is 44.2 Å². The molecule has 0 saturated carbocycles. The molecule has 1 atom stereocenters. The number of nitrogens with one attached hydrogen (secondary N) is 1. The molecule has 2 fully saturated rings. The normalized spacial score (nSPS) is 23.5. The third-order valence-electron chi connectivity index (χ3n) is 4.67. The molecular formula is C16H24FN3. The van der Waals surface area contributed by atoms with Crippen LogP contribution >= 0.6 is 0 Å². The van der Waals surface area contributed by atoms with Crippen molar-refractivity contribution in [2.24, 2.45) is 0 Å². The fourth-order valence-electron chi connectivity index (χ4n) is 3.21. The molecular weight excluding hydrogens is 253 g/mol. The molecule has 0 aromatic heterocycles. The highest BCUT2D eigenvalue weighted by molar-refractivity contribution is 5.17. The molecule has 0 spiro atoms. The number of halogens is 1. The number of hydrogen-bond acceptors (Lipinski definition) is 3. The summed E-state index contributed by atoms with van der Waals surface area (Å²) in [6.07, 6.45) is 0.933. The molecule has 2 heterocycles. The number of piperazine rings is 1. The second-order valence-electron chi connectivity index (χ2n) is 6.07. The van der Waals surface area contributed by atoms with Crippen LogP contribution in [0.15, 0.2) is 24.3 Å². The summed E-state index contributed by atoms with van der Waals surface area (Å²) in [4.78, 5) is 5.13. The van der Waals surface area contributed by atoms with E-state index in [2.05, 4.69) is 22.0 Å². The zero-order valence-corrected chi connectivity index (χ0v) is 12.2. The van der Waals surface area contributed by atoms with Crippen LogP contribution in [0.1, 0.15) is 12.5 Å². The first-order valence-corrected chi connectivity index (χ1v) is 7.65. The van der Waals surface area contributed by atoms with Crippen molar-refractivity contribution in [1.82, 2.24) is 15.1 Å². The van der Waals surface area contributed by atoms with E-state index in [-0.39, 0.29) is 5.82 Å². The average Bonchev–Trinajstić information content (AvgIpc) is 2.37. The van der Waals surface area contributed by atoms with Crippen molar-refractivity contribution < 1.29 is 4.39 Å². The Labute approximate surface area is 120 Å². The highest BCUT2D eigenvalue weighted by Crippen LogP contribution is 2.15. The van der Waals surface area contributed by atoms with E-state index in [1.54, 1.807) is 12.1 Å². The molecule has 1 unspecified atom stereocenters. The summed E-state index contributed by atoms with van der Waals surface area (Å²) >= 11 is 0. The summed E-state index contributed by atoms with van der Waals surface area (Å²) in [5, 5.41) is 3.34. The topological polar surface area (TPSA) is 18.5 Å². The summed E-state index contributed by atoms with van der Waals surface area (Å²) < 4.78 is 13.2. The van der Waals surface area contributed by atoms with Crippen molar-refractivity contribution in [1.29, 1.82) is 0 Å². The van der Waals surface area contributed by atoms with Gasteiger partial charge in [0.05, 0.1) is 0 Å². The number of benzene rings is 1. The van der Waals surface area contributed by atoms with E-state index >= 15 is 0 Å². The predicted octanol–water partition coefficient (Wildman–Crippen LogP) is 1.35. The van der Waals surface area contributed by atoms with Crippen LogP contribution < -0.4 is 5.32 Å². The van der Waals surface area contributed by atoms with E-state index < -0.39 is 0 Å². The fraction of sp³-hybridized carbons (Fsp3) is 0.625. The van der Waals surface area contributed by atoms with Gasteiger partial charge in [-0.15, -0.1) is 0 Å². The van der Waals surface area contributed by atoms with Crippen LogP contribution in [0, 0.1) is 5.82 Å². The Hall–Kier alpha value is -0.970. The highest BCUT2D eigenvalue weighted by atomic mass is 19.1. The van der Waals surface area contributed by atoms with Gasteiger partial charge in [-0.3, -0.25) is 9.80 Å². The zero-order valence-electron chi connectivity index (χ0n) is 12.2. The van der Waals surface area contributed by atoms with Crippen LogP contribution in [0.5, 0.6) is 0 Å². The number of rotatable bonds is 4. The van der Waals surface area contributed by atoms with Gasteiger partial charge in [-0.05, 0) is 31.0 Å². The van der Waals surface area contributed by atoms with Gasteiger partial charge in [0.1, 0.15) is 5.82 Å². The van der Waals surface area contributed by atoms with Crippen molar-refractivity contribution in [2.45, 2.75) is 25.4 Å². The maximum absolute atomic E-state index is 13.2. The summed E-state index contributed by atoms with van der Waals surface area (Å²) in [6.45, 7) is 9.16. The third-order valence-corrected chi connectivity index (χ3v) is 4.67. The molecule has 20 heavy (non-hydrogen) atoms. The smallest absolute Gasteiger partial charge is 0.123 e. The van der Waals surface area contributed by atoms with E-state index in [9.17, 15) is 4.39 Å². The van der Waals surface area contributed by atoms with Gasteiger partial charge < -0.3 is 5.32 Å². The van der Waals surface area contributed by atoms with Crippen LogP contribution in [0.3, 0.4) is 0 Å². The van der Waals surface area contributed by atoms with Crippen molar-refractivity contribution in [2.75, 3.05) is 39.3 Å². The van der Waals surface area contributed by atoms with E-state index in [1.165, 1.54) is 19.2 Å². The van der Waals surface area contributed by atoms with E-state index in [1.807, 2.05) is 6.07 Å². The first-order chi connectivity index (χ1) is 9.72. The lowest BCUT2D eigenvalue weighted by molar-refractivity contribution is 0.0555. The molecule has 0 radical (unpaired) electrons. The quantitative estimate of drug-likeness (QED) is 0.896. The second kappa shape index (κ2) is 6.20. The Morgan fingerprint density at radius 2 is 2.00 bits per heavy atom. The first kappa shape index (κ1) is 14.0. The zero-order chi connectivity index (χ0) is 13.9. The van der Waals surface area contributed by atoms with Gasteiger partial charge >= 0.3 is 0 Å². The molecule has 0 bridgehead atoms. The molecule has 3 nitrogen and oxygen atoms in total. The highest BCUT2D eigenvalue weighted by Gasteiger charge is 2.28. The largest absolute Gasteiger partial charge is 0.314 e. The van der Waals surface area contributed by atoms with E-state index in [0.29, 0.717) is 6.04 Å². The van der Waals surface area contributed by atoms with Crippen LogP contribution in [0.25, 0.3) is 0 Å². The van der Waals surface area contributed by atoms with Gasteiger partial charge in [-0.2, -0.15) is 0 Å². The van der Waals surface area contributed by atoms with Crippen LogP contribution in [-0.2, 0) is 6.42 Å². The SMILES string of the molecule is CC(Cc1cccc(F)c1)N1CCN(C2CNC2)CC1. The van der Waals surface area contributed by atoms with Gasteiger partial charge in [0, 0.05) is 51.4 Å². The molecule has 4 heteroatoms. The second-order valence-corrected chi connectivity index (χ2v) is 6.07. The Balaban J connectivity index is 1.49. The molecule has 1 aromatic rings. The molecule has 1 aromatic carbocycles. The maximum Gasteiger partial charge on any atom is 0.123 e. The lowest BCUT2D eigenvalue weighted by atomic mass is 10.0. The Morgan fingerprint density at radius 3 is 2.60 bits per heavy atom. The minimum absolute atomic E-state index is 0.128. The summed E-state index contributed by atoms with van der Waals surface area (Å²) in [5.41, 5.74) is 1.10. The lowest BCUT2D eigenvalue weighted by Crippen LogP contribution is -2.62. The lowest BCUT2D eigenvalue weighted by Gasteiger charge is -2.44. The molecule has 110 valence electrons. The van der Waals surface area contributed by atoms with Gasteiger partial charge in [-0.25, -0.2) is 4.39 Å². The standard InChI is InChI=1S/C16H24FN3/c1-13(9-14-3-2-4-15(17)10-14)19-5-7-20(8-6-19)16-11-18-12-16/h2-4,10,13,16,18H,5-9,11-12H2,1H3. The van der Waals surface area contributed by atoms with Crippen LogP contribution in [-0.4, -0.2) is 61.2 Å². The average molecular weight is 277 g/mol. The van der Waals surface area contributed by atoms with Crippen molar-refractivity contribution >= 4 is 0 Å². The minimum Gasteiger partial charge on any atom is -0.314 e. The molecule has 0 amide bonds. The monoisotopic (exact) mass is 277 g/mol. The Morgan fingerprint density at radius 1 is 1.25 bits per heavy atom. The predicted molar refractivity (Wildman–Crippen MR) is 79.4 cm³/mol. The molecule has 2 saturated heterocycles. The van der Waals surface area contributed by atoms with Gasteiger partial charge in [-0.1, -0.05) is 12.1 Å². The van der Waals surface area contributed by atoms with Crippen molar-refractivity contribution in [3.05, 3.63) is 35.6 Å². The molecule has 2 aliphatic rings. The summed E-state index contributed by atoms with van der Waals surface area (Å²) in [6, 6.07) is 8.25. The number of hydrogen-bond donors (Lipinski definition) is 1. The molecule has 0 aliphatic carbocycles. The van der Waals surface area contributed by atoms with Gasteiger partial charge in [0.25, 0.3) is 0 Å². The Kier molecular flexibility index (Phi) is 4.34. The summed E-state index contributed by atoms with van der Waals surface area (Å²) in [7, 11) is 0. The molecule has 3 rings (SSSR count). The summed E-state index contributed by atoms with van der Waals surface area (Å²) in [5.74, 6) is -0.128. The van der Waals surface area contributed by atoms with Crippen molar-refractivity contribution in [3.8, 4) is 0 Å². The van der Waals surface area contributed by atoms with Gasteiger partial charge in [0.15, 0.2) is 0 Å². The van der Waals surface area contributed by atoms with Crippen molar-refractivity contribution in [3.63, 3.8) is 0 Å². The maximum atomic E-state index is 13.2. The first-order valence-electron chi connectivity index (χ1n) is 7.65. The number of nitrogens with zero attached hydrogens (tertiary/aromatic N) is 2.